The second-order valence-electron chi connectivity index (χ2n) is 7.56. The molecule has 2 aromatic rings. The van der Waals surface area contributed by atoms with Crippen LogP contribution in [0, 0.1) is 5.92 Å². The van der Waals surface area contributed by atoms with Gasteiger partial charge in [0.25, 0.3) is 0 Å². The molecule has 3 amide bonds. The van der Waals surface area contributed by atoms with Crippen LogP contribution < -0.4 is 19.9 Å². The Balaban J connectivity index is 1.48. The second kappa shape index (κ2) is 8.18. The molecule has 1 atom stereocenters. The highest BCUT2D eigenvalue weighted by molar-refractivity contribution is 6.04. The molecule has 7 nitrogen and oxygen atoms in total. The Bertz CT molecular complexity index is 1000. The lowest BCUT2D eigenvalue weighted by Gasteiger charge is -2.20. The van der Waals surface area contributed by atoms with Crippen LogP contribution in [0.25, 0.3) is 0 Å². The largest absolute Gasteiger partial charge is 0.495 e. The van der Waals surface area contributed by atoms with E-state index in [-0.39, 0.29) is 24.1 Å². The molecule has 0 aromatic heterocycles. The molecular formula is C23H25N3O4. The summed E-state index contributed by atoms with van der Waals surface area (Å²) >= 11 is 0. The third-order valence-electron chi connectivity index (χ3n) is 5.73. The van der Waals surface area contributed by atoms with Gasteiger partial charge in [0.1, 0.15) is 5.75 Å². The summed E-state index contributed by atoms with van der Waals surface area (Å²) in [6.45, 7) is 2.85. The molecule has 7 heteroatoms. The molecule has 156 valence electrons. The van der Waals surface area contributed by atoms with Crippen LogP contribution in [0.4, 0.5) is 17.1 Å². The van der Waals surface area contributed by atoms with Crippen LogP contribution in [0.3, 0.4) is 0 Å². The number of ether oxygens (including phenoxy) is 1. The van der Waals surface area contributed by atoms with Crippen molar-refractivity contribution in [1.82, 2.24) is 0 Å². The summed E-state index contributed by atoms with van der Waals surface area (Å²) in [7, 11) is 1.55. The fourth-order valence-corrected chi connectivity index (χ4v) is 4.12. The molecule has 0 bridgehead atoms. The summed E-state index contributed by atoms with van der Waals surface area (Å²) in [6.07, 6.45) is 1.40. The molecular weight excluding hydrogens is 382 g/mol. The third-order valence-corrected chi connectivity index (χ3v) is 5.73. The van der Waals surface area contributed by atoms with Crippen LogP contribution >= 0.6 is 0 Å². The molecule has 30 heavy (non-hydrogen) atoms. The zero-order chi connectivity index (χ0) is 21.3. The highest BCUT2D eigenvalue weighted by atomic mass is 16.5. The lowest BCUT2D eigenvalue weighted by molar-refractivity contribution is -0.122. The van der Waals surface area contributed by atoms with Crippen molar-refractivity contribution in [2.24, 2.45) is 5.92 Å². The zero-order valence-corrected chi connectivity index (χ0v) is 17.2. The maximum atomic E-state index is 12.8. The maximum Gasteiger partial charge on any atom is 0.229 e. The number of nitrogens with zero attached hydrogens (tertiary/aromatic N) is 2. The van der Waals surface area contributed by atoms with E-state index in [4.69, 9.17) is 4.74 Å². The number of hydrogen-bond donors (Lipinski definition) is 1. The molecule has 2 aliphatic heterocycles. The van der Waals surface area contributed by atoms with E-state index in [2.05, 4.69) is 5.32 Å². The number of carbonyl (C=O) groups is 3. The first kappa shape index (κ1) is 19.9. The number of carbonyl (C=O) groups excluding carboxylic acids is 3. The first-order valence-corrected chi connectivity index (χ1v) is 10.2. The monoisotopic (exact) mass is 407 g/mol. The average Bonchev–Trinajstić information content (AvgIpc) is 3.36. The Labute approximate surface area is 175 Å². The number of benzene rings is 2. The van der Waals surface area contributed by atoms with E-state index in [9.17, 15) is 14.4 Å². The quantitative estimate of drug-likeness (QED) is 0.827. The Kier molecular flexibility index (Phi) is 5.44. The number of rotatable bonds is 5. The molecule has 1 saturated heterocycles. The van der Waals surface area contributed by atoms with Gasteiger partial charge in [-0.2, -0.15) is 0 Å². The number of hydrogen-bond acceptors (Lipinski definition) is 4. The van der Waals surface area contributed by atoms with Crippen LogP contribution in [0.15, 0.2) is 42.5 Å². The molecule has 2 aromatic carbocycles. The average molecular weight is 407 g/mol. The minimum atomic E-state index is -0.436. The molecule has 2 aliphatic rings. The standard InChI is InChI=1S/C23H25N3O4/c1-3-21(27)25-11-10-15-12-17(8-9-19(15)25)26-14-16(13-22(26)28)23(29)24-18-6-4-5-7-20(18)30-2/h4-9,12,16H,3,10-11,13-14H2,1-2H3,(H,24,29)/t16-/m1/s1. The van der Waals surface area contributed by atoms with Crippen molar-refractivity contribution in [3.63, 3.8) is 0 Å². The summed E-state index contributed by atoms with van der Waals surface area (Å²) in [6, 6.07) is 12.9. The fourth-order valence-electron chi connectivity index (χ4n) is 4.12. The summed E-state index contributed by atoms with van der Waals surface area (Å²) in [5.41, 5.74) is 3.35. The number of fused-ring (bicyclic) bond motifs is 1. The molecule has 1 N–H and O–H groups in total. The van der Waals surface area contributed by atoms with E-state index in [1.54, 1.807) is 29.0 Å². The van der Waals surface area contributed by atoms with Gasteiger partial charge in [0.05, 0.1) is 18.7 Å². The van der Waals surface area contributed by atoms with Gasteiger partial charge in [0.15, 0.2) is 0 Å². The van der Waals surface area contributed by atoms with Gasteiger partial charge in [0.2, 0.25) is 17.7 Å². The summed E-state index contributed by atoms with van der Waals surface area (Å²) in [5.74, 6) is -0.0247. The summed E-state index contributed by atoms with van der Waals surface area (Å²) in [4.78, 5) is 41.0. The van der Waals surface area contributed by atoms with Crippen LogP contribution in [0.5, 0.6) is 5.75 Å². The van der Waals surface area contributed by atoms with Crippen LogP contribution in [-0.4, -0.2) is 37.9 Å². The van der Waals surface area contributed by atoms with E-state index in [1.165, 1.54) is 0 Å². The SMILES string of the molecule is CCC(=O)N1CCc2cc(N3C[C@H](C(=O)Nc4ccccc4OC)CC3=O)ccc21. The number of para-hydroxylation sites is 2. The van der Waals surface area contributed by atoms with Gasteiger partial charge in [-0.25, -0.2) is 0 Å². The molecule has 0 radical (unpaired) electrons. The van der Waals surface area contributed by atoms with Crippen molar-refractivity contribution >= 4 is 34.8 Å². The lowest BCUT2D eigenvalue weighted by atomic mass is 10.1. The molecule has 0 spiro atoms. The maximum absolute atomic E-state index is 12.8. The van der Waals surface area contributed by atoms with Crippen LogP contribution in [-0.2, 0) is 20.8 Å². The van der Waals surface area contributed by atoms with Gasteiger partial charge >= 0.3 is 0 Å². The smallest absolute Gasteiger partial charge is 0.229 e. The minimum absolute atomic E-state index is 0.0744. The van der Waals surface area contributed by atoms with Crippen molar-refractivity contribution in [3.8, 4) is 5.75 Å². The van der Waals surface area contributed by atoms with Gasteiger partial charge in [-0.1, -0.05) is 19.1 Å². The predicted octanol–water partition coefficient (Wildman–Crippen LogP) is 2.99. The van der Waals surface area contributed by atoms with E-state index in [0.717, 1.165) is 23.4 Å². The zero-order valence-electron chi connectivity index (χ0n) is 17.2. The highest BCUT2D eigenvalue weighted by Gasteiger charge is 2.36. The minimum Gasteiger partial charge on any atom is -0.495 e. The lowest BCUT2D eigenvalue weighted by Crippen LogP contribution is -2.28. The predicted molar refractivity (Wildman–Crippen MR) is 115 cm³/mol. The van der Waals surface area contributed by atoms with E-state index < -0.39 is 5.92 Å². The van der Waals surface area contributed by atoms with Crippen molar-refractivity contribution in [3.05, 3.63) is 48.0 Å². The molecule has 0 aliphatic carbocycles. The molecule has 2 heterocycles. The topological polar surface area (TPSA) is 79.0 Å². The van der Waals surface area contributed by atoms with Crippen LogP contribution in [0.2, 0.25) is 0 Å². The highest BCUT2D eigenvalue weighted by Crippen LogP contribution is 2.34. The Morgan fingerprint density at radius 3 is 2.77 bits per heavy atom. The van der Waals surface area contributed by atoms with Gasteiger partial charge < -0.3 is 19.9 Å². The van der Waals surface area contributed by atoms with Crippen molar-refractivity contribution < 1.29 is 19.1 Å². The number of amides is 3. The Hall–Kier alpha value is -3.35. The number of methoxy groups -OCH3 is 1. The van der Waals surface area contributed by atoms with Crippen molar-refractivity contribution in [2.45, 2.75) is 26.2 Å². The van der Waals surface area contributed by atoms with Gasteiger partial charge in [0, 0.05) is 37.3 Å². The first-order valence-electron chi connectivity index (χ1n) is 10.2. The fraction of sp³-hybridized carbons (Fsp3) is 0.348. The normalized spacial score (nSPS) is 17.8. The second-order valence-corrected chi connectivity index (χ2v) is 7.56. The first-order chi connectivity index (χ1) is 14.5. The van der Waals surface area contributed by atoms with Crippen molar-refractivity contribution in [1.29, 1.82) is 0 Å². The van der Waals surface area contributed by atoms with Gasteiger partial charge in [-0.05, 0) is 42.3 Å². The summed E-state index contributed by atoms with van der Waals surface area (Å²) in [5, 5.41) is 2.88. The number of anilines is 3. The van der Waals surface area contributed by atoms with E-state index in [1.807, 2.05) is 37.3 Å². The Morgan fingerprint density at radius 2 is 2.00 bits per heavy atom. The van der Waals surface area contributed by atoms with Gasteiger partial charge in [-0.15, -0.1) is 0 Å². The number of nitrogens with one attached hydrogen (secondary N) is 1. The van der Waals surface area contributed by atoms with Gasteiger partial charge in [-0.3, -0.25) is 14.4 Å². The third kappa shape index (κ3) is 3.63. The van der Waals surface area contributed by atoms with E-state index >= 15 is 0 Å². The molecule has 0 unspecified atom stereocenters. The molecule has 0 saturated carbocycles. The van der Waals surface area contributed by atoms with E-state index in [0.29, 0.717) is 30.9 Å². The summed E-state index contributed by atoms with van der Waals surface area (Å²) < 4.78 is 5.28. The molecule has 1 fully saturated rings. The van der Waals surface area contributed by atoms with Crippen LogP contribution in [0.1, 0.15) is 25.3 Å². The van der Waals surface area contributed by atoms with Crippen molar-refractivity contribution in [2.75, 3.05) is 35.3 Å². The Morgan fingerprint density at radius 1 is 1.20 bits per heavy atom. The molecule has 4 rings (SSSR count).